The number of aryl methyl sites for hydroxylation is 2. The molecule has 1 aliphatic rings. The van der Waals surface area contributed by atoms with Crippen LogP contribution in [0.4, 0.5) is 0 Å². The topological polar surface area (TPSA) is 38.0 Å². The van der Waals surface area contributed by atoms with Crippen molar-refractivity contribution in [3.8, 4) is 0 Å². The van der Waals surface area contributed by atoms with Crippen molar-refractivity contribution in [2.24, 2.45) is 7.05 Å². The van der Waals surface area contributed by atoms with Crippen LogP contribution in [0.2, 0.25) is 0 Å². The monoisotopic (exact) mass is 284 g/mol. The van der Waals surface area contributed by atoms with E-state index < -0.39 is 5.60 Å². The van der Waals surface area contributed by atoms with Gasteiger partial charge in [0.25, 0.3) is 0 Å². The number of aromatic nitrogens is 2. The molecule has 1 saturated carbocycles. The van der Waals surface area contributed by atoms with Crippen LogP contribution in [0.5, 0.6) is 0 Å². The van der Waals surface area contributed by atoms with Crippen LogP contribution in [-0.2, 0) is 13.5 Å². The van der Waals surface area contributed by atoms with Crippen LogP contribution in [-0.4, -0.2) is 20.5 Å². The summed E-state index contributed by atoms with van der Waals surface area (Å²) in [6.07, 6.45) is 10.0. The zero-order valence-corrected chi connectivity index (χ0v) is 12.7. The summed E-state index contributed by atoms with van der Waals surface area (Å²) in [5.74, 6) is 0.268. The van der Waals surface area contributed by atoms with Gasteiger partial charge in [0.05, 0.1) is 11.8 Å². The van der Waals surface area contributed by atoms with Gasteiger partial charge in [0, 0.05) is 19.2 Å². The Morgan fingerprint density at radius 1 is 1.29 bits per heavy atom. The zero-order chi connectivity index (χ0) is 14.7. The van der Waals surface area contributed by atoms with Gasteiger partial charge in [0.1, 0.15) is 0 Å². The molecule has 3 rings (SSSR count). The van der Waals surface area contributed by atoms with Crippen molar-refractivity contribution in [2.45, 2.75) is 50.0 Å². The molecule has 0 spiro atoms. The number of benzene rings is 1. The number of rotatable bonds is 4. The molecule has 0 aliphatic heterocycles. The predicted molar refractivity (Wildman–Crippen MR) is 84.1 cm³/mol. The largest absolute Gasteiger partial charge is 0.389 e. The summed E-state index contributed by atoms with van der Waals surface area (Å²) in [7, 11) is 1.94. The van der Waals surface area contributed by atoms with E-state index >= 15 is 0 Å². The molecule has 1 aliphatic carbocycles. The van der Waals surface area contributed by atoms with Crippen molar-refractivity contribution >= 4 is 0 Å². The summed E-state index contributed by atoms with van der Waals surface area (Å²) in [6, 6.07) is 10.5. The quantitative estimate of drug-likeness (QED) is 0.934. The third-order valence-electron chi connectivity index (χ3n) is 4.81. The van der Waals surface area contributed by atoms with Gasteiger partial charge in [-0.3, -0.25) is 4.68 Å². The summed E-state index contributed by atoms with van der Waals surface area (Å²) in [4.78, 5) is 0. The maximum atomic E-state index is 11.2. The summed E-state index contributed by atoms with van der Waals surface area (Å²) >= 11 is 0. The third-order valence-corrected chi connectivity index (χ3v) is 4.81. The molecule has 1 aromatic heterocycles. The van der Waals surface area contributed by atoms with Crippen molar-refractivity contribution in [3.63, 3.8) is 0 Å². The highest BCUT2D eigenvalue weighted by atomic mass is 16.3. The molecule has 2 aromatic rings. The molecule has 0 bridgehead atoms. The first-order valence-corrected chi connectivity index (χ1v) is 7.92. The Morgan fingerprint density at radius 3 is 2.81 bits per heavy atom. The van der Waals surface area contributed by atoms with Gasteiger partial charge < -0.3 is 5.11 Å². The summed E-state index contributed by atoms with van der Waals surface area (Å²) < 4.78 is 1.83. The van der Waals surface area contributed by atoms with Crippen LogP contribution in [0.3, 0.4) is 0 Å². The minimum Gasteiger partial charge on any atom is -0.389 e. The van der Waals surface area contributed by atoms with Gasteiger partial charge >= 0.3 is 0 Å². The van der Waals surface area contributed by atoms with Crippen molar-refractivity contribution < 1.29 is 5.11 Å². The number of nitrogens with zero attached hydrogens (tertiary/aromatic N) is 2. The first-order valence-electron chi connectivity index (χ1n) is 7.92. The Morgan fingerprint density at radius 2 is 2.10 bits per heavy atom. The average Bonchev–Trinajstić information content (AvgIpc) is 2.92. The van der Waals surface area contributed by atoms with Crippen molar-refractivity contribution in [1.82, 2.24) is 9.78 Å². The Balaban J connectivity index is 1.75. The highest BCUT2D eigenvalue weighted by Crippen LogP contribution is 2.43. The van der Waals surface area contributed by atoms with Crippen molar-refractivity contribution in [3.05, 3.63) is 53.9 Å². The summed E-state index contributed by atoms with van der Waals surface area (Å²) in [5, 5.41) is 15.4. The van der Waals surface area contributed by atoms with Crippen LogP contribution in [0, 0.1) is 0 Å². The second-order valence-electron chi connectivity index (χ2n) is 6.33. The molecule has 3 heteroatoms. The van der Waals surface area contributed by atoms with E-state index in [1.165, 1.54) is 17.5 Å². The average molecular weight is 284 g/mol. The molecular weight excluding hydrogens is 260 g/mol. The molecule has 0 saturated heterocycles. The fourth-order valence-corrected chi connectivity index (χ4v) is 3.65. The SMILES string of the molecule is Cn1cc(CCC2(O)CCCCC2c2ccccc2)cn1. The molecule has 1 heterocycles. The minimum atomic E-state index is -0.574. The van der Waals surface area contributed by atoms with Gasteiger partial charge in [-0.2, -0.15) is 5.10 Å². The van der Waals surface area contributed by atoms with Crippen LogP contribution in [0.1, 0.15) is 49.1 Å². The Bertz CT molecular complexity index is 578. The maximum absolute atomic E-state index is 11.2. The second-order valence-corrected chi connectivity index (χ2v) is 6.33. The molecule has 1 N–H and O–H groups in total. The maximum Gasteiger partial charge on any atom is 0.0719 e. The van der Waals surface area contributed by atoms with E-state index in [4.69, 9.17) is 0 Å². The molecule has 2 unspecified atom stereocenters. The lowest BCUT2D eigenvalue weighted by atomic mass is 9.70. The Labute approximate surface area is 126 Å². The van der Waals surface area contributed by atoms with Gasteiger partial charge in [-0.15, -0.1) is 0 Å². The van der Waals surface area contributed by atoms with E-state index in [1.54, 1.807) is 0 Å². The molecule has 2 atom stereocenters. The molecule has 112 valence electrons. The lowest BCUT2D eigenvalue weighted by Gasteiger charge is -2.40. The first kappa shape index (κ1) is 14.3. The normalized spacial score (nSPS) is 25.9. The van der Waals surface area contributed by atoms with Crippen molar-refractivity contribution in [1.29, 1.82) is 0 Å². The van der Waals surface area contributed by atoms with Gasteiger partial charge in [-0.1, -0.05) is 43.2 Å². The smallest absolute Gasteiger partial charge is 0.0719 e. The fraction of sp³-hybridized carbons (Fsp3) is 0.500. The van der Waals surface area contributed by atoms with E-state index in [0.29, 0.717) is 0 Å². The third kappa shape index (κ3) is 3.18. The molecule has 3 nitrogen and oxygen atoms in total. The Hall–Kier alpha value is -1.61. The van der Waals surface area contributed by atoms with E-state index in [-0.39, 0.29) is 5.92 Å². The summed E-state index contributed by atoms with van der Waals surface area (Å²) in [5.41, 5.74) is 1.92. The molecule has 21 heavy (non-hydrogen) atoms. The number of hydrogen-bond acceptors (Lipinski definition) is 2. The van der Waals surface area contributed by atoms with Crippen LogP contribution in [0.25, 0.3) is 0 Å². The Kier molecular flexibility index (Phi) is 4.11. The van der Waals surface area contributed by atoms with Gasteiger partial charge in [0.2, 0.25) is 0 Å². The lowest BCUT2D eigenvalue weighted by Crippen LogP contribution is -2.39. The minimum absolute atomic E-state index is 0.268. The summed E-state index contributed by atoms with van der Waals surface area (Å²) in [6.45, 7) is 0. The van der Waals surface area contributed by atoms with E-state index in [2.05, 4.69) is 29.4 Å². The highest BCUT2D eigenvalue weighted by Gasteiger charge is 2.39. The van der Waals surface area contributed by atoms with Gasteiger partial charge in [-0.05, 0) is 36.8 Å². The molecule has 0 radical (unpaired) electrons. The molecule has 1 aromatic carbocycles. The second kappa shape index (κ2) is 6.02. The standard InChI is InChI=1S/C18H24N2O/c1-20-14-15(13-19-20)10-12-18(21)11-6-5-9-17(18)16-7-3-2-4-8-16/h2-4,7-8,13-14,17,21H,5-6,9-12H2,1H3. The van der Waals surface area contributed by atoms with Crippen LogP contribution >= 0.6 is 0 Å². The predicted octanol–water partition coefficient (Wildman–Crippen LogP) is 3.44. The first-order chi connectivity index (χ1) is 10.2. The number of hydrogen-bond donors (Lipinski definition) is 1. The van der Waals surface area contributed by atoms with E-state index in [1.807, 2.05) is 30.2 Å². The van der Waals surface area contributed by atoms with E-state index in [9.17, 15) is 5.11 Å². The zero-order valence-electron chi connectivity index (χ0n) is 12.7. The van der Waals surface area contributed by atoms with Crippen LogP contribution < -0.4 is 0 Å². The van der Waals surface area contributed by atoms with Gasteiger partial charge in [-0.25, -0.2) is 0 Å². The van der Waals surface area contributed by atoms with Crippen molar-refractivity contribution in [2.75, 3.05) is 0 Å². The highest BCUT2D eigenvalue weighted by molar-refractivity contribution is 5.24. The van der Waals surface area contributed by atoms with Gasteiger partial charge in [0.15, 0.2) is 0 Å². The number of aliphatic hydroxyl groups is 1. The molecular formula is C18H24N2O. The fourth-order valence-electron chi connectivity index (χ4n) is 3.65. The lowest BCUT2D eigenvalue weighted by molar-refractivity contribution is -0.0241. The van der Waals surface area contributed by atoms with E-state index in [0.717, 1.165) is 32.1 Å². The molecule has 0 amide bonds. The van der Waals surface area contributed by atoms with Crippen LogP contribution in [0.15, 0.2) is 42.7 Å². The molecule has 1 fully saturated rings.